The SMILES string of the molecule is C#CC1(C)C=C(F)C=C(F)C1. The molecular formula is C9H8F2. The van der Waals surface area contributed by atoms with Gasteiger partial charge in [-0.1, -0.05) is 5.92 Å². The standard InChI is InChI=1S/C9H8F2/c1-3-9(2)5-7(10)4-8(11)6-9/h1,4-5H,6H2,2H3. The molecule has 58 valence electrons. The maximum Gasteiger partial charge on any atom is 0.123 e. The van der Waals surface area contributed by atoms with Crippen LogP contribution in [0.2, 0.25) is 0 Å². The molecule has 0 amide bonds. The van der Waals surface area contributed by atoms with E-state index in [0.717, 1.165) is 6.08 Å². The Kier molecular flexibility index (Phi) is 1.82. The third kappa shape index (κ3) is 1.68. The second-order valence-corrected chi connectivity index (χ2v) is 2.86. The van der Waals surface area contributed by atoms with Crippen molar-refractivity contribution in [1.82, 2.24) is 0 Å². The molecule has 0 radical (unpaired) electrons. The van der Waals surface area contributed by atoms with Crippen LogP contribution in [0.25, 0.3) is 0 Å². The van der Waals surface area contributed by atoms with Gasteiger partial charge in [-0.2, -0.15) is 0 Å². The normalized spacial score (nSPS) is 30.4. The number of allylic oxidation sites excluding steroid dienone is 4. The first kappa shape index (κ1) is 8.00. The van der Waals surface area contributed by atoms with E-state index in [4.69, 9.17) is 6.42 Å². The average molecular weight is 154 g/mol. The highest BCUT2D eigenvalue weighted by atomic mass is 19.1. The van der Waals surface area contributed by atoms with Crippen molar-refractivity contribution in [1.29, 1.82) is 0 Å². The van der Waals surface area contributed by atoms with Crippen LogP contribution in [0.5, 0.6) is 0 Å². The third-order valence-electron chi connectivity index (χ3n) is 1.62. The van der Waals surface area contributed by atoms with E-state index in [-0.39, 0.29) is 6.42 Å². The molecule has 2 heteroatoms. The first-order chi connectivity index (χ1) is 5.06. The van der Waals surface area contributed by atoms with E-state index in [9.17, 15) is 8.78 Å². The maximum atomic E-state index is 12.6. The lowest BCUT2D eigenvalue weighted by Gasteiger charge is -2.20. The lowest BCUT2D eigenvalue weighted by atomic mass is 9.84. The van der Waals surface area contributed by atoms with Gasteiger partial charge in [0.1, 0.15) is 11.7 Å². The first-order valence-electron chi connectivity index (χ1n) is 3.28. The molecule has 1 aliphatic rings. The number of hydrogen-bond acceptors (Lipinski definition) is 0. The van der Waals surface area contributed by atoms with Crippen LogP contribution in [0.15, 0.2) is 23.8 Å². The molecule has 0 saturated carbocycles. The van der Waals surface area contributed by atoms with Crippen LogP contribution in [-0.2, 0) is 0 Å². The summed E-state index contributed by atoms with van der Waals surface area (Å²) in [4.78, 5) is 0. The number of halogens is 2. The van der Waals surface area contributed by atoms with E-state index in [1.165, 1.54) is 6.08 Å². The van der Waals surface area contributed by atoms with E-state index in [0.29, 0.717) is 0 Å². The summed E-state index contributed by atoms with van der Waals surface area (Å²) in [5.74, 6) is 1.26. The highest BCUT2D eigenvalue weighted by Crippen LogP contribution is 2.33. The highest BCUT2D eigenvalue weighted by molar-refractivity contribution is 5.30. The third-order valence-corrected chi connectivity index (χ3v) is 1.62. The van der Waals surface area contributed by atoms with Crippen LogP contribution in [0.1, 0.15) is 13.3 Å². The van der Waals surface area contributed by atoms with Crippen LogP contribution in [-0.4, -0.2) is 0 Å². The Balaban J connectivity index is 2.98. The van der Waals surface area contributed by atoms with Crippen LogP contribution in [0.4, 0.5) is 8.78 Å². The van der Waals surface area contributed by atoms with Crippen LogP contribution in [0.3, 0.4) is 0 Å². The van der Waals surface area contributed by atoms with E-state index in [1.54, 1.807) is 6.92 Å². The summed E-state index contributed by atoms with van der Waals surface area (Å²) in [5, 5.41) is 0. The van der Waals surface area contributed by atoms with Gasteiger partial charge in [-0.3, -0.25) is 0 Å². The van der Waals surface area contributed by atoms with Gasteiger partial charge in [0.05, 0.1) is 5.41 Å². The second kappa shape index (κ2) is 2.50. The summed E-state index contributed by atoms with van der Waals surface area (Å²) >= 11 is 0. The molecule has 1 atom stereocenters. The summed E-state index contributed by atoms with van der Waals surface area (Å²) in [5.41, 5.74) is -0.789. The molecule has 0 aromatic rings. The molecule has 1 rings (SSSR count). The Morgan fingerprint density at radius 1 is 1.64 bits per heavy atom. The predicted octanol–water partition coefficient (Wildman–Crippen LogP) is 2.74. The molecule has 0 heterocycles. The van der Waals surface area contributed by atoms with Gasteiger partial charge in [0.15, 0.2) is 0 Å². The minimum Gasteiger partial charge on any atom is -0.212 e. The molecule has 0 aromatic carbocycles. The van der Waals surface area contributed by atoms with Crippen molar-refractivity contribution in [3.05, 3.63) is 23.8 Å². The predicted molar refractivity (Wildman–Crippen MR) is 39.9 cm³/mol. The monoisotopic (exact) mass is 154 g/mol. The molecule has 0 aromatic heterocycles. The van der Waals surface area contributed by atoms with E-state index < -0.39 is 17.1 Å². The van der Waals surface area contributed by atoms with Gasteiger partial charge < -0.3 is 0 Å². The lowest BCUT2D eigenvalue weighted by molar-refractivity contribution is 0.449. The summed E-state index contributed by atoms with van der Waals surface area (Å²) in [6, 6.07) is 0. The zero-order valence-corrected chi connectivity index (χ0v) is 6.20. The molecule has 0 N–H and O–H groups in total. The van der Waals surface area contributed by atoms with Crippen LogP contribution in [0, 0.1) is 17.8 Å². The highest BCUT2D eigenvalue weighted by Gasteiger charge is 2.25. The molecule has 0 spiro atoms. The first-order valence-corrected chi connectivity index (χ1v) is 3.28. The zero-order chi connectivity index (χ0) is 8.48. The van der Waals surface area contributed by atoms with Gasteiger partial charge in [0.25, 0.3) is 0 Å². The largest absolute Gasteiger partial charge is 0.212 e. The minimum atomic E-state index is -0.789. The van der Waals surface area contributed by atoms with Crippen molar-refractivity contribution >= 4 is 0 Å². The van der Waals surface area contributed by atoms with Crippen molar-refractivity contribution in [2.75, 3.05) is 0 Å². The quantitative estimate of drug-likeness (QED) is 0.470. The van der Waals surface area contributed by atoms with Crippen LogP contribution >= 0.6 is 0 Å². The fourth-order valence-corrected chi connectivity index (χ4v) is 1.04. The number of terminal acetylenes is 1. The summed E-state index contributed by atoms with van der Waals surface area (Å²) in [6.45, 7) is 1.62. The minimum absolute atomic E-state index is 0.0942. The molecular weight excluding hydrogens is 146 g/mol. The van der Waals surface area contributed by atoms with Crippen molar-refractivity contribution < 1.29 is 8.78 Å². The van der Waals surface area contributed by atoms with Gasteiger partial charge in [-0.05, 0) is 13.0 Å². The van der Waals surface area contributed by atoms with E-state index in [1.807, 2.05) is 0 Å². The van der Waals surface area contributed by atoms with Gasteiger partial charge in [-0.15, -0.1) is 6.42 Å². The fourth-order valence-electron chi connectivity index (χ4n) is 1.04. The molecule has 0 nitrogen and oxygen atoms in total. The topological polar surface area (TPSA) is 0 Å². The number of hydrogen-bond donors (Lipinski definition) is 0. The van der Waals surface area contributed by atoms with Crippen molar-refractivity contribution in [3.63, 3.8) is 0 Å². The summed E-state index contributed by atoms with van der Waals surface area (Å²) < 4.78 is 25.2. The van der Waals surface area contributed by atoms with Gasteiger partial charge >= 0.3 is 0 Å². The average Bonchev–Trinajstić information content (AvgIpc) is 1.84. The Morgan fingerprint density at radius 3 is 2.73 bits per heavy atom. The molecule has 0 saturated heterocycles. The Bertz CT molecular complexity index is 268. The second-order valence-electron chi connectivity index (χ2n) is 2.86. The molecule has 1 unspecified atom stereocenters. The molecule has 0 bridgehead atoms. The smallest absolute Gasteiger partial charge is 0.123 e. The van der Waals surface area contributed by atoms with Crippen molar-refractivity contribution in [2.24, 2.45) is 5.41 Å². The Morgan fingerprint density at radius 2 is 2.27 bits per heavy atom. The zero-order valence-electron chi connectivity index (χ0n) is 6.20. The summed E-state index contributed by atoms with van der Waals surface area (Å²) in [7, 11) is 0. The Hall–Kier alpha value is -1.10. The van der Waals surface area contributed by atoms with Crippen molar-refractivity contribution in [2.45, 2.75) is 13.3 Å². The van der Waals surface area contributed by atoms with Crippen molar-refractivity contribution in [3.8, 4) is 12.3 Å². The maximum absolute atomic E-state index is 12.6. The van der Waals surface area contributed by atoms with Gasteiger partial charge in [-0.25, -0.2) is 8.78 Å². The lowest BCUT2D eigenvalue weighted by Crippen LogP contribution is -2.13. The molecule has 11 heavy (non-hydrogen) atoms. The van der Waals surface area contributed by atoms with E-state index >= 15 is 0 Å². The van der Waals surface area contributed by atoms with E-state index in [2.05, 4.69) is 5.92 Å². The van der Waals surface area contributed by atoms with Gasteiger partial charge in [0.2, 0.25) is 0 Å². The van der Waals surface area contributed by atoms with Crippen LogP contribution < -0.4 is 0 Å². The molecule has 0 fully saturated rings. The fraction of sp³-hybridized carbons (Fsp3) is 0.333. The number of rotatable bonds is 0. The van der Waals surface area contributed by atoms with Gasteiger partial charge in [0, 0.05) is 12.5 Å². The summed E-state index contributed by atoms with van der Waals surface area (Å²) in [6.07, 6.45) is 7.32. The Labute approximate surface area is 64.6 Å². The molecule has 1 aliphatic carbocycles. The molecule has 0 aliphatic heterocycles.